The van der Waals surface area contributed by atoms with Crippen LogP contribution < -0.4 is 5.32 Å². The highest BCUT2D eigenvalue weighted by atomic mass is 32.1. The van der Waals surface area contributed by atoms with Crippen LogP contribution >= 0.6 is 11.3 Å². The van der Waals surface area contributed by atoms with Crippen LogP contribution in [0.25, 0.3) is 10.1 Å². The van der Waals surface area contributed by atoms with Crippen molar-refractivity contribution in [2.75, 3.05) is 0 Å². The molecule has 0 aliphatic heterocycles. The summed E-state index contributed by atoms with van der Waals surface area (Å²) in [4.78, 5) is 23.8. The summed E-state index contributed by atoms with van der Waals surface area (Å²) >= 11 is 1.22. The summed E-state index contributed by atoms with van der Waals surface area (Å²) in [6, 6.07) is 4.94. The molecule has 6 heteroatoms. The molecule has 0 spiro atoms. The third-order valence-corrected chi connectivity index (χ3v) is 4.58. The average molecular weight is 309 g/mol. The monoisotopic (exact) mass is 309 g/mol. The third kappa shape index (κ3) is 3.39. The SMILES string of the molecule is CCC(C)C(NC(=O)c1cc2cc(F)ccc2s1)C(=O)O. The van der Waals surface area contributed by atoms with E-state index < -0.39 is 17.9 Å². The topological polar surface area (TPSA) is 66.4 Å². The van der Waals surface area contributed by atoms with Crippen molar-refractivity contribution in [3.8, 4) is 0 Å². The molecule has 1 aromatic heterocycles. The Balaban J connectivity index is 2.23. The number of fused-ring (bicyclic) bond motifs is 1. The fourth-order valence-corrected chi connectivity index (χ4v) is 2.97. The Labute approximate surface area is 125 Å². The second-order valence-corrected chi connectivity index (χ2v) is 6.05. The van der Waals surface area contributed by atoms with Crippen LogP contribution in [0.4, 0.5) is 4.39 Å². The van der Waals surface area contributed by atoms with Gasteiger partial charge in [-0.25, -0.2) is 9.18 Å². The summed E-state index contributed by atoms with van der Waals surface area (Å²) in [5.74, 6) is -2.03. The lowest BCUT2D eigenvalue weighted by atomic mass is 9.99. The number of carbonyl (C=O) groups excluding carboxylic acids is 1. The number of rotatable bonds is 5. The second-order valence-electron chi connectivity index (χ2n) is 4.97. The van der Waals surface area contributed by atoms with Gasteiger partial charge in [-0.05, 0) is 35.6 Å². The number of thiophene rings is 1. The van der Waals surface area contributed by atoms with E-state index in [9.17, 15) is 19.1 Å². The van der Waals surface area contributed by atoms with Gasteiger partial charge in [0.05, 0.1) is 4.88 Å². The lowest BCUT2D eigenvalue weighted by Gasteiger charge is -2.19. The fourth-order valence-electron chi connectivity index (χ4n) is 2.02. The summed E-state index contributed by atoms with van der Waals surface area (Å²) in [6.07, 6.45) is 0.648. The van der Waals surface area contributed by atoms with Crippen molar-refractivity contribution in [1.82, 2.24) is 5.32 Å². The first-order valence-electron chi connectivity index (χ1n) is 6.65. The molecule has 2 aromatic rings. The zero-order valence-electron chi connectivity index (χ0n) is 11.7. The Morgan fingerprint density at radius 3 is 2.71 bits per heavy atom. The number of hydrogen-bond acceptors (Lipinski definition) is 3. The number of benzene rings is 1. The van der Waals surface area contributed by atoms with E-state index >= 15 is 0 Å². The highest BCUT2D eigenvalue weighted by molar-refractivity contribution is 7.20. The molecule has 1 amide bonds. The van der Waals surface area contributed by atoms with Crippen molar-refractivity contribution in [2.45, 2.75) is 26.3 Å². The number of amides is 1. The lowest BCUT2D eigenvalue weighted by molar-refractivity contribution is -0.140. The fraction of sp³-hybridized carbons (Fsp3) is 0.333. The van der Waals surface area contributed by atoms with Crippen molar-refractivity contribution in [2.24, 2.45) is 5.92 Å². The molecule has 0 saturated carbocycles. The van der Waals surface area contributed by atoms with Gasteiger partial charge in [0.25, 0.3) is 5.91 Å². The van der Waals surface area contributed by atoms with Crippen molar-refractivity contribution >= 4 is 33.3 Å². The zero-order valence-corrected chi connectivity index (χ0v) is 12.5. The Kier molecular flexibility index (Phi) is 4.57. The van der Waals surface area contributed by atoms with Gasteiger partial charge in [-0.1, -0.05) is 20.3 Å². The molecule has 2 rings (SSSR count). The van der Waals surface area contributed by atoms with Gasteiger partial charge in [-0.3, -0.25) is 4.79 Å². The summed E-state index contributed by atoms with van der Waals surface area (Å²) in [5, 5.41) is 12.4. The van der Waals surface area contributed by atoms with E-state index in [1.54, 1.807) is 19.1 Å². The Bertz CT molecular complexity index is 683. The summed E-state index contributed by atoms with van der Waals surface area (Å²) in [7, 11) is 0. The molecule has 2 N–H and O–H groups in total. The molecule has 0 saturated heterocycles. The number of nitrogens with one attached hydrogen (secondary N) is 1. The molecule has 4 nitrogen and oxygen atoms in total. The number of halogens is 1. The third-order valence-electron chi connectivity index (χ3n) is 3.47. The van der Waals surface area contributed by atoms with Gasteiger partial charge in [-0.2, -0.15) is 0 Å². The van der Waals surface area contributed by atoms with E-state index in [0.29, 0.717) is 16.7 Å². The molecule has 0 aliphatic rings. The highest BCUT2D eigenvalue weighted by Gasteiger charge is 2.26. The second kappa shape index (κ2) is 6.22. The largest absolute Gasteiger partial charge is 0.480 e. The number of aliphatic carboxylic acids is 1. The van der Waals surface area contributed by atoms with E-state index in [1.807, 2.05) is 6.92 Å². The van der Waals surface area contributed by atoms with E-state index in [4.69, 9.17) is 0 Å². The minimum absolute atomic E-state index is 0.168. The standard InChI is InChI=1S/C15H16FNO3S/c1-3-8(2)13(15(19)20)17-14(18)12-7-9-6-10(16)4-5-11(9)21-12/h4-8,13H,3H2,1-2H3,(H,17,18)(H,19,20). The van der Waals surface area contributed by atoms with E-state index in [2.05, 4.69) is 5.32 Å². The smallest absolute Gasteiger partial charge is 0.326 e. The summed E-state index contributed by atoms with van der Waals surface area (Å²) < 4.78 is 13.9. The summed E-state index contributed by atoms with van der Waals surface area (Å²) in [6.45, 7) is 3.65. The number of hydrogen-bond donors (Lipinski definition) is 2. The molecule has 0 bridgehead atoms. The first-order chi connectivity index (χ1) is 9.92. The van der Waals surface area contributed by atoms with Gasteiger partial charge in [0.15, 0.2) is 0 Å². The number of carboxylic acid groups (broad SMARTS) is 1. The summed E-state index contributed by atoms with van der Waals surface area (Å²) in [5.41, 5.74) is 0. The molecule has 2 unspecified atom stereocenters. The molecule has 21 heavy (non-hydrogen) atoms. The van der Waals surface area contributed by atoms with Crippen LogP contribution in [0.15, 0.2) is 24.3 Å². The molecular weight excluding hydrogens is 293 g/mol. The zero-order chi connectivity index (χ0) is 15.6. The number of carboxylic acids is 1. The quantitative estimate of drug-likeness (QED) is 0.891. The average Bonchev–Trinajstić information content (AvgIpc) is 2.86. The Morgan fingerprint density at radius 1 is 1.38 bits per heavy atom. The van der Waals surface area contributed by atoms with Crippen LogP contribution in [-0.2, 0) is 4.79 Å². The molecule has 1 aromatic carbocycles. The molecule has 1 heterocycles. The molecule has 0 fully saturated rings. The van der Waals surface area contributed by atoms with Crippen molar-refractivity contribution in [3.63, 3.8) is 0 Å². The van der Waals surface area contributed by atoms with Gasteiger partial charge < -0.3 is 10.4 Å². The van der Waals surface area contributed by atoms with Gasteiger partial charge in [0, 0.05) is 4.70 Å². The Morgan fingerprint density at radius 2 is 2.10 bits per heavy atom. The maximum absolute atomic E-state index is 13.1. The molecular formula is C15H16FNO3S. The maximum atomic E-state index is 13.1. The predicted octanol–water partition coefficient (Wildman–Crippen LogP) is 3.27. The predicted molar refractivity (Wildman–Crippen MR) is 80.1 cm³/mol. The van der Waals surface area contributed by atoms with Gasteiger partial charge >= 0.3 is 5.97 Å². The first-order valence-corrected chi connectivity index (χ1v) is 7.46. The van der Waals surface area contributed by atoms with Crippen molar-refractivity contribution < 1.29 is 19.1 Å². The van der Waals surface area contributed by atoms with Crippen LogP contribution in [-0.4, -0.2) is 23.0 Å². The van der Waals surface area contributed by atoms with Gasteiger partial charge in [0.2, 0.25) is 0 Å². The van der Waals surface area contributed by atoms with Crippen LogP contribution in [0.1, 0.15) is 29.9 Å². The molecule has 0 radical (unpaired) electrons. The maximum Gasteiger partial charge on any atom is 0.326 e. The number of carbonyl (C=O) groups is 2. The molecule has 0 aliphatic carbocycles. The van der Waals surface area contributed by atoms with Gasteiger partial charge in [0.1, 0.15) is 11.9 Å². The van der Waals surface area contributed by atoms with E-state index in [-0.39, 0.29) is 11.7 Å². The molecule has 112 valence electrons. The van der Waals surface area contributed by atoms with Crippen LogP contribution in [0, 0.1) is 11.7 Å². The van der Waals surface area contributed by atoms with E-state index in [0.717, 1.165) is 4.70 Å². The lowest BCUT2D eigenvalue weighted by Crippen LogP contribution is -2.44. The first kappa shape index (κ1) is 15.4. The minimum atomic E-state index is -1.05. The molecule has 2 atom stereocenters. The minimum Gasteiger partial charge on any atom is -0.480 e. The van der Waals surface area contributed by atoms with E-state index in [1.165, 1.54) is 23.5 Å². The van der Waals surface area contributed by atoms with Crippen LogP contribution in [0.5, 0.6) is 0 Å². The van der Waals surface area contributed by atoms with Crippen LogP contribution in [0.2, 0.25) is 0 Å². The van der Waals surface area contributed by atoms with Crippen LogP contribution in [0.3, 0.4) is 0 Å². The Hall–Kier alpha value is -1.95. The van der Waals surface area contributed by atoms with Crippen molar-refractivity contribution in [1.29, 1.82) is 0 Å². The van der Waals surface area contributed by atoms with Crippen molar-refractivity contribution in [3.05, 3.63) is 35.0 Å². The highest BCUT2D eigenvalue weighted by Crippen LogP contribution is 2.26. The normalized spacial score (nSPS) is 13.9. The van der Waals surface area contributed by atoms with Gasteiger partial charge in [-0.15, -0.1) is 11.3 Å².